The second-order valence-electron chi connectivity index (χ2n) is 7.05. The zero-order valence-electron chi connectivity index (χ0n) is 14.7. The Morgan fingerprint density at radius 3 is 2.20 bits per heavy atom. The standard InChI is InChI=1S/C20H23ClN2O2/c1-20(2,3)15-10-8-13(9-11-15)19(25)23-17(18(22)24)12-14-6-4-5-7-16(14)21/h4-11,17H,12H2,1-3H3,(H2,22,24)(H,23,25)/t17-/m0/s1. The van der Waals surface area contributed by atoms with E-state index in [0.29, 0.717) is 10.6 Å². The molecule has 2 aromatic carbocycles. The minimum atomic E-state index is -0.824. The summed E-state index contributed by atoms with van der Waals surface area (Å²) in [6.07, 6.45) is 0.251. The molecular weight excluding hydrogens is 336 g/mol. The quantitative estimate of drug-likeness (QED) is 0.859. The van der Waals surface area contributed by atoms with Crippen LogP contribution < -0.4 is 11.1 Å². The van der Waals surface area contributed by atoms with Gasteiger partial charge in [0.1, 0.15) is 6.04 Å². The molecule has 4 nitrogen and oxygen atoms in total. The Hall–Kier alpha value is -2.33. The smallest absolute Gasteiger partial charge is 0.251 e. The summed E-state index contributed by atoms with van der Waals surface area (Å²) in [5.41, 5.74) is 7.83. The molecule has 132 valence electrons. The van der Waals surface area contributed by atoms with Gasteiger partial charge in [0.05, 0.1) is 0 Å². The molecule has 0 aromatic heterocycles. The molecule has 0 radical (unpaired) electrons. The first-order chi connectivity index (χ1) is 11.7. The number of carbonyl (C=O) groups excluding carboxylic acids is 2. The second-order valence-corrected chi connectivity index (χ2v) is 7.46. The van der Waals surface area contributed by atoms with E-state index in [4.69, 9.17) is 17.3 Å². The zero-order valence-corrected chi connectivity index (χ0v) is 15.4. The lowest BCUT2D eigenvalue weighted by Crippen LogP contribution is -2.45. The molecule has 0 bridgehead atoms. The number of benzene rings is 2. The maximum absolute atomic E-state index is 12.4. The summed E-state index contributed by atoms with van der Waals surface area (Å²) in [6.45, 7) is 6.32. The third-order valence-corrected chi connectivity index (χ3v) is 4.41. The molecule has 0 saturated carbocycles. The number of carbonyl (C=O) groups is 2. The van der Waals surface area contributed by atoms with Crippen molar-refractivity contribution in [1.82, 2.24) is 5.32 Å². The molecule has 0 saturated heterocycles. The van der Waals surface area contributed by atoms with Gasteiger partial charge in [0.15, 0.2) is 0 Å². The number of primary amides is 1. The first-order valence-electron chi connectivity index (χ1n) is 8.12. The van der Waals surface area contributed by atoms with E-state index < -0.39 is 11.9 Å². The lowest BCUT2D eigenvalue weighted by Gasteiger charge is -2.20. The van der Waals surface area contributed by atoms with Crippen molar-refractivity contribution in [2.75, 3.05) is 0 Å². The van der Waals surface area contributed by atoms with E-state index in [1.807, 2.05) is 24.3 Å². The summed E-state index contributed by atoms with van der Waals surface area (Å²) >= 11 is 6.12. The minimum absolute atomic E-state index is 0.00875. The average molecular weight is 359 g/mol. The number of rotatable bonds is 5. The summed E-state index contributed by atoms with van der Waals surface area (Å²) in [6, 6.07) is 13.7. The van der Waals surface area contributed by atoms with Gasteiger partial charge in [-0.15, -0.1) is 0 Å². The molecule has 5 heteroatoms. The van der Waals surface area contributed by atoms with Crippen LogP contribution in [0, 0.1) is 0 Å². The molecule has 2 amide bonds. The molecule has 0 heterocycles. The van der Waals surface area contributed by atoms with E-state index in [1.54, 1.807) is 24.3 Å². The largest absolute Gasteiger partial charge is 0.368 e. The molecule has 2 aromatic rings. The Balaban J connectivity index is 2.13. The average Bonchev–Trinajstić information content (AvgIpc) is 2.55. The van der Waals surface area contributed by atoms with Gasteiger partial charge in [-0.05, 0) is 34.7 Å². The maximum Gasteiger partial charge on any atom is 0.251 e. The van der Waals surface area contributed by atoms with E-state index in [9.17, 15) is 9.59 Å². The minimum Gasteiger partial charge on any atom is -0.368 e. The van der Waals surface area contributed by atoms with Crippen molar-refractivity contribution in [3.63, 3.8) is 0 Å². The van der Waals surface area contributed by atoms with Gasteiger partial charge in [0, 0.05) is 17.0 Å². The van der Waals surface area contributed by atoms with Gasteiger partial charge in [0.25, 0.3) is 5.91 Å². The Bertz CT molecular complexity index is 764. The fraction of sp³-hybridized carbons (Fsp3) is 0.300. The topological polar surface area (TPSA) is 72.2 Å². The van der Waals surface area contributed by atoms with Crippen LogP contribution in [0.15, 0.2) is 48.5 Å². The summed E-state index contributed by atoms with van der Waals surface area (Å²) < 4.78 is 0. The number of amides is 2. The highest BCUT2D eigenvalue weighted by atomic mass is 35.5. The van der Waals surface area contributed by atoms with Gasteiger partial charge in [-0.3, -0.25) is 9.59 Å². The van der Waals surface area contributed by atoms with Crippen molar-refractivity contribution in [3.8, 4) is 0 Å². The fourth-order valence-electron chi connectivity index (χ4n) is 2.47. The van der Waals surface area contributed by atoms with Gasteiger partial charge in [0.2, 0.25) is 5.91 Å². The third kappa shape index (κ3) is 5.07. The van der Waals surface area contributed by atoms with E-state index in [2.05, 4.69) is 26.1 Å². The van der Waals surface area contributed by atoms with Crippen LogP contribution in [-0.2, 0) is 16.6 Å². The van der Waals surface area contributed by atoms with Crippen molar-refractivity contribution in [2.24, 2.45) is 5.73 Å². The van der Waals surface area contributed by atoms with Crippen LogP contribution in [0.5, 0.6) is 0 Å². The van der Waals surface area contributed by atoms with E-state index in [0.717, 1.165) is 11.1 Å². The molecule has 0 aliphatic rings. The normalized spacial score (nSPS) is 12.5. The molecule has 1 atom stereocenters. The summed E-state index contributed by atoms with van der Waals surface area (Å²) in [5, 5.41) is 3.23. The predicted octanol–water partition coefficient (Wildman–Crippen LogP) is 3.46. The molecule has 0 spiro atoms. The lowest BCUT2D eigenvalue weighted by molar-refractivity contribution is -0.119. The number of halogens is 1. The van der Waals surface area contributed by atoms with Crippen LogP contribution in [0.3, 0.4) is 0 Å². The number of hydrogen-bond donors (Lipinski definition) is 2. The number of nitrogens with two attached hydrogens (primary N) is 1. The lowest BCUT2D eigenvalue weighted by atomic mass is 9.86. The molecular formula is C20H23ClN2O2. The van der Waals surface area contributed by atoms with Gasteiger partial charge in [-0.2, -0.15) is 0 Å². The van der Waals surface area contributed by atoms with E-state index >= 15 is 0 Å². The Morgan fingerprint density at radius 2 is 1.68 bits per heavy atom. The van der Waals surface area contributed by atoms with Crippen molar-refractivity contribution < 1.29 is 9.59 Å². The highest BCUT2D eigenvalue weighted by Crippen LogP contribution is 2.22. The molecule has 0 aliphatic heterocycles. The molecule has 0 fully saturated rings. The summed E-state index contributed by atoms with van der Waals surface area (Å²) in [5.74, 6) is -0.934. The van der Waals surface area contributed by atoms with Crippen LogP contribution in [0.4, 0.5) is 0 Å². The van der Waals surface area contributed by atoms with Crippen molar-refractivity contribution >= 4 is 23.4 Å². The number of hydrogen-bond acceptors (Lipinski definition) is 2. The molecule has 0 unspecified atom stereocenters. The highest BCUT2D eigenvalue weighted by Gasteiger charge is 2.21. The third-order valence-electron chi connectivity index (χ3n) is 4.04. The van der Waals surface area contributed by atoms with Gasteiger partial charge in [-0.25, -0.2) is 0 Å². The van der Waals surface area contributed by atoms with Gasteiger partial charge < -0.3 is 11.1 Å². The summed E-state index contributed by atoms with van der Waals surface area (Å²) in [7, 11) is 0. The molecule has 25 heavy (non-hydrogen) atoms. The Morgan fingerprint density at radius 1 is 1.08 bits per heavy atom. The highest BCUT2D eigenvalue weighted by molar-refractivity contribution is 6.31. The first kappa shape index (κ1) is 19.0. The van der Waals surface area contributed by atoms with Crippen molar-refractivity contribution in [3.05, 3.63) is 70.2 Å². The monoisotopic (exact) mass is 358 g/mol. The number of nitrogens with one attached hydrogen (secondary N) is 1. The second kappa shape index (κ2) is 7.70. The summed E-state index contributed by atoms with van der Waals surface area (Å²) in [4.78, 5) is 24.2. The predicted molar refractivity (Wildman–Crippen MR) is 101 cm³/mol. The fourth-order valence-corrected chi connectivity index (χ4v) is 2.68. The molecule has 2 rings (SSSR count). The van der Waals surface area contributed by atoms with Crippen LogP contribution in [0.2, 0.25) is 5.02 Å². The van der Waals surface area contributed by atoms with Crippen LogP contribution in [-0.4, -0.2) is 17.9 Å². The molecule has 3 N–H and O–H groups in total. The Kier molecular flexibility index (Phi) is 5.85. The van der Waals surface area contributed by atoms with E-state index in [-0.39, 0.29) is 17.7 Å². The van der Waals surface area contributed by atoms with Crippen LogP contribution in [0.1, 0.15) is 42.3 Å². The Labute approximate surface area is 153 Å². The first-order valence-corrected chi connectivity index (χ1v) is 8.50. The van der Waals surface area contributed by atoms with Crippen LogP contribution >= 0.6 is 11.6 Å². The van der Waals surface area contributed by atoms with Gasteiger partial charge >= 0.3 is 0 Å². The van der Waals surface area contributed by atoms with Crippen molar-refractivity contribution in [2.45, 2.75) is 38.6 Å². The van der Waals surface area contributed by atoms with Gasteiger partial charge in [-0.1, -0.05) is 62.7 Å². The van der Waals surface area contributed by atoms with Crippen molar-refractivity contribution in [1.29, 1.82) is 0 Å². The van der Waals surface area contributed by atoms with Crippen LogP contribution in [0.25, 0.3) is 0 Å². The van der Waals surface area contributed by atoms with E-state index in [1.165, 1.54) is 0 Å². The zero-order chi connectivity index (χ0) is 18.6. The maximum atomic E-state index is 12.4. The SMILES string of the molecule is CC(C)(C)c1ccc(C(=O)N[C@@H](Cc2ccccc2Cl)C(N)=O)cc1. The molecule has 0 aliphatic carbocycles.